The second-order valence-corrected chi connectivity index (χ2v) is 9.08. The van der Waals surface area contributed by atoms with Gasteiger partial charge in [-0.05, 0) is 32.1 Å². The predicted molar refractivity (Wildman–Crippen MR) is 101 cm³/mol. The third kappa shape index (κ3) is 5.44. The number of aryl methyl sites for hydroxylation is 1. The third-order valence-corrected chi connectivity index (χ3v) is 6.27. The maximum Gasteiger partial charge on any atom is 0.246 e. The zero-order valence-corrected chi connectivity index (χ0v) is 17.5. The van der Waals surface area contributed by atoms with Gasteiger partial charge < -0.3 is 5.73 Å². The summed E-state index contributed by atoms with van der Waals surface area (Å²) < 4.78 is 29.0. The smallest absolute Gasteiger partial charge is 0.246 e. The van der Waals surface area contributed by atoms with Crippen LogP contribution >= 0.6 is 12.4 Å². The van der Waals surface area contributed by atoms with Crippen LogP contribution in [0.5, 0.6) is 0 Å². The zero-order chi connectivity index (χ0) is 17.9. The monoisotopic (exact) mass is 380 g/mol. The molecule has 1 heterocycles. The summed E-state index contributed by atoms with van der Waals surface area (Å²) in [5, 5.41) is 4.41. The summed E-state index contributed by atoms with van der Waals surface area (Å²) in [4.78, 5) is 0.332. The van der Waals surface area contributed by atoms with Crippen molar-refractivity contribution < 1.29 is 8.42 Å². The molecule has 0 saturated carbocycles. The number of rotatable bonds is 8. The number of sulfonamides is 1. The summed E-state index contributed by atoms with van der Waals surface area (Å²) in [6.45, 7) is 13.0. The first-order valence-corrected chi connectivity index (χ1v) is 9.68. The first kappa shape index (κ1) is 23.4. The van der Waals surface area contributed by atoms with E-state index in [1.54, 1.807) is 18.7 Å². The largest absolute Gasteiger partial charge is 0.327 e. The van der Waals surface area contributed by atoms with E-state index >= 15 is 0 Å². The Hall–Kier alpha value is -0.630. The molecule has 1 rings (SSSR count). The standard InChI is InChI=1S/C16H32N4O2S.ClH/c1-11(2)10-20-14(6)16(13(5)18-20)23(21,22)19(7)9-8-15(17)12(3)4;/h11-12,15H,8-10,17H2,1-7H3;1H. The fraction of sp³-hybridized carbons (Fsp3) is 0.812. The van der Waals surface area contributed by atoms with E-state index in [1.807, 2.05) is 20.8 Å². The maximum atomic E-state index is 12.9. The molecule has 1 atom stereocenters. The van der Waals surface area contributed by atoms with Gasteiger partial charge in [-0.15, -0.1) is 12.4 Å². The number of nitrogens with two attached hydrogens (primary N) is 1. The van der Waals surface area contributed by atoms with Crippen molar-refractivity contribution in [1.82, 2.24) is 14.1 Å². The summed E-state index contributed by atoms with van der Waals surface area (Å²) in [5.41, 5.74) is 7.29. The van der Waals surface area contributed by atoms with Crippen LogP contribution in [0.15, 0.2) is 4.90 Å². The Balaban J connectivity index is 0.00000529. The normalized spacial score (nSPS) is 13.6. The van der Waals surface area contributed by atoms with Gasteiger partial charge >= 0.3 is 0 Å². The van der Waals surface area contributed by atoms with Gasteiger partial charge in [-0.3, -0.25) is 4.68 Å². The zero-order valence-electron chi connectivity index (χ0n) is 15.9. The first-order valence-electron chi connectivity index (χ1n) is 8.24. The van der Waals surface area contributed by atoms with Crippen molar-refractivity contribution in [3.8, 4) is 0 Å². The number of hydrogen-bond acceptors (Lipinski definition) is 4. The van der Waals surface area contributed by atoms with Crippen LogP contribution in [0.4, 0.5) is 0 Å². The highest BCUT2D eigenvalue weighted by Gasteiger charge is 2.29. The van der Waals surface area contributed by atoms with Gasteiger partial charge in [-0.1, -0.05) is 27.7 Å². The SMILES string of the molecule is Cc1nn(CC(C)C)c(C)c1S(=O)(=O)N(C)CCC(N)C(C)C.Cl. The van der Waals surface area contributed by atoms with E-state index in [1.165, 1.54) is 4.31 Å². The molecular weight excluding hydrogens is 348 g/mol. The minimum Gasteiger partial charge on any atom is -0.327 e. The van der Waals surface area contributed by atoms with Crippen molar-refractivity contribution in [3.05, 3.63) is 11.4 Å². The van der Waals surface area contributed by atoms with E-state index in [2.05, 4.69) is 18.9 Å². The van der Waals surface area contributed by atoms with Crippen molar-refractivity contribution >= 4 is 22.4 Å². The highest BCUT2D eigenvalue weighted by Crippen LogP contribution is 2.23. The van der Waals surface area contributed by atoms with Crippen LogP contribution in [0.2, 0.25) is 0 Å². The molecule has 0 aliphatic heterocycles. The minimum atomic E-state index is -3.54. The molecule has 0 aromatic carbocycles. The lowest BCUT2D eigenvalue weighted by Gasteiger charge is -2.21. The first-order chi connectivity index (χ1) is 10.5. The molecule has 1 aromatic rings. The van der Waals surface area contributed by atoms with Gasteiger partial charge in [-0.2, -0.15) is 5.10 Å². The molecule has 24 heavy (non-hydrogen) atoms. The van der Waals surface area contributed by atoms with Crippen LogP contribution in [0.3, 0.4) is 0 Å². The lowest BCUT2D eigenvalue weighted by Crippen LogP contribution is -2.35. The molecular formula is C16H33ClN4O2S. The van der Waals surface area contributed by atoms with Gasteiger partial charge in [0.15, 0.2) is 0 Å². The summed E-state index contributed by atoms with van der Waals surface area (Å²) >= 11 is 0. The van der Waals surface area contributed by atoms with Crippen LogP contribution in [0.1, 0.15) is 45.5 Å². The molecule has 0 aliphatic carbocycles. The molecule has 0 aliphatic rings. The van der Waals surface area contributed by atoms with Crippen LogP contribution in [0, 0.1) is 25.7 Å². The molecule has 1 unspecified atom stereocenters. The summed E-state index contributed by atoms with van der Waals surface area (Å²) in [6.07, 6.45) is 0.644. The van der Waals surface area contributed by atoms with Crippen LogP contribution < -0.4 is 5.73 Å². The highest BCUT2D eigenvalue weighted by atomic mass is 35.5. The Morgan fingerprint density at radius 2 is 1.75 bits per heavy atom. The second-order valence-electron chi connectivity index (χ2n) is 7.10. The van der Waals surface area contributed by atoms with Crippen LogP contribution in [-0.4, -0.2) is 42.1 Å². The molecule has 6 nitrogen and oxygen atoms in total. The maximum absolute atomic E-state index is 12.9. The van der Waals surface area contributed by atoms with E-state index in [0.29, 0.717) is 47.6 Å². The minimum absolute atomic E-state index is 0. The number of nitrogens with zero attached hydrogens (tertiary/aromatic N) is 3. The second kappa shape index (κ2) is 9.17. The molecule has 0 fully saturated rings. The Bertz CT molecular complexity index is 626. The van der Waals surface area contributed by atoms with Gasteiger partial charge in [0.25, 0.3) is 0 Å². The lowest BCUT2D eigenvalue weighted by atomic mass is 10.0. The number of hydrogen-bond donors (Lipinski definition) is 1. The predicted octanol–water partition coefficient (Wildman–Crippen LogP) is 2.57. The number of aromatic nitrogens is 2. The molecule has 0 spiro atoms. The molecule has 1 aromatic heterocycles. The Morgan fingerprint density at radius 1 is 1.21 bits per heavy atom. The summed E-state index contributed by atoms with van der Waals surface area (Å²) in [6, 6.07) is -0.00138. The van der Waals surface area contributed by atoms with Crippen molar-refractivity contribution in [2.24, 2.45) is 17.6 Å². The van der Waals surface area contributed by atoms with E-state index in [0.717, 1.165) is 0 Å². The van der Waals surface area contributed by atoms with Crippen molar-refractivity contribution in [1.29, 1.82) is 0 Å². The molecule has 0 bridgehead atoms. The lowest BCUT2D eigenvalue weighted by molar-refractivity contribution is 0.397. The summed E-state index contributed by atoms with van der Waals surface area (Å²) in [7, 11) is -1.93. The van der Waals surface area contributed by atoms with Crippen LogP contribution in [0.25, 0.3) is 0 Å². The molecule has 142 valence electrons. The average Bonchev–Trinajstić information content (AvgIpc) is 2.69. The van der Waals surface area contributed by atoms with Crippen molar-refractivity contribution in [2.45, 2.75) is 65.4 Å². The molecule has 0 amide bonds. The highest BCUT2D eigenvalue weighted by molar-refractivity contribution is 7.89. The molecule has 0 saturated heterocycles. The van der Waals surface area contributed by atoms with Gasteiger partial charge in [-0.25, -0.2) is 12.7 Å². The molecule has 2 N–H and O–H groups in total. The van der Waals surface area contributed by atoms with E-state index in [9.17, 15) is 8.42 Å². The van der Waals surface area contributed by atoms with E-state index < -0.39 is 10.0 Å². The number of halogens is 1. The topological polar surface area (TPSA) is 81.2 Å². The van der Waals surface area contributed by atoms with E-state index in [4.69, 9.17) is 5.73 Å². The van der Waals surface area contributed by atoms with Gasteiger partial charge in [0.2, 0.25) is 10.0 Å². The van der Waals surface area contributed by atoms with Crippen LogP contribution in [-0.2, 0) is 16.6 Å². The molecule has 8 heteroatoms. The van der Waals surface area contributed by atoms with Gasteiger partial charge in [0, 0.05) is 26.2 Å². The fourth-order valence-electron chi connectivity index (χ4n) is 2.52. The average molecular weight is 381 g/mol. The Kier molecular flexibility index (Phi) is 8.93. The van der Waals surface area contributed by atoms with Gasteiger partial charge in [0.1, 0.15) is 4.90 Å². The Morgan fingerprint density at radius 3 is 2.21 bits per heavy atom. The Labute approximate surface area is 153 Å². The van der Waals surface area contributed by atoms with E-state index in [-0.39, 0.29) is 18.4 Å². The van der Waals surface area contributed by atoms with Crippen molar-refractivity contribution in [2.75, 3.05) is 13.6 Å². The summed E-state index contributed by atoms with van der Waals surface area (Å²) in [5.74, 6) is 0.744. The van der Waals surface area contributed by atoms with Gasteiger partial charge in [0.05, 0.1) is 11.4 Å². The fourth-order valence-corrected chi connectivity index (χ4v) is 4.07. The molecule has 0 radical (unpaired) electrons. The third-order valence-electron chi connectivity index (χ3n) is 4.16. The quantitative estimate of drug-likeness (QED) is 0.751. The van der Waals surface area contributed by atoms with Crippen molar-refractivity contribution in [3.63, 3.8) is 0 Å².